The van der Waals surface area contributed by atoms with Crippen molar-refractivity contribution in [3.63, 3.8) is 0 Å². The van der Waals surface area contributed by atoms with Gasteiger partial charge in [0, 0.05) is 38.5 Å². The second-order valence-electron chi connectivity index (χ2n) is 9.50. The quantitative estimate of drug-likeness (QED) is 0.300. The van der Waals surface area contributed by atoms with Gasteiger partial charge in [-0.3, -0.25) is 0 Å². The van der Waals surface area contributed by atoms with E-state index in [0.29, 0.717) is 0 Å². The van der Waals surface area contributed by atoms with Gasteiger partial charge in [0.15, 0.2) is 0 Å². The van der Waals surface area contributed by atoms with Crippen molar-refractivity contribution in [3.8, 4) is 11.1 Å². The van der Waals surface area contributed by atoms with E-state index < -0.39 is 0 Å². The molecule has 158 valence electrons. The van der Waals surface area contributed by atoms with Crippen molar-refractivity contribution in [3.05, 3.63) is 108 Å². The first-order valence-corrected chi connectivity index (χ1v) is 11.5. The minimum atomic E-state index is -0.00458. The third-order valence-corrected chi connectivity index (χ3v) is 7.25. The molecule has 0 atom stereocenters. The van der Waals surface area contributed by atoms with Crippen LogP contribution < -0.4 is 5.32 Å². The first kappa shape index (κ1) is 18.5. The average Bonchev–Trinajstić information content (AvgIpc) is 3.33. The molecule has 1 aliphatic rings. The Labute approximate surface area is 192 Å². The molecule has 0 bridgehead atoms. The summed E-state index contributed by atoms with van der Waals surface area (Å²) in [4.78, 5) is 0. The van der Waals surface area contributed by atoms with Crippen molar-refractivity contribution >= 4 is 44.1 Å². The van der Waals surface area contributed by atoms with Crippen LogP contribution in [0.4, 0.5) is 11.4 Å². The molecule has 0 fully saturated rings. The van der Waals surface area contributed by atoms with Crippen molar-refractivity contribution in [1.82, 2.24) is 0 Å². The Morgan fingerprint density at radius 3 is 2.42 bits per heavy atom. The van der Waals surface area contributed by atoms with E-state index in [1.54, 1.807) is 0 Å². The molecule has 0 saturated heterocycles. The van der Waals surface area contributed by atoms with Gasteiger partial charge in [-0.2, -0.15) is 0 Å². The highest BCUT2D eigenvalue weighted by atomic mass is 16.3. The standard InChI is InChI=1S/C31H23NO/c1-31(2)25-11-6-5-10-23(25)29-26(31)12-7-13-27(29)32-20-15-17-28-24(18-20)22-16-14-19-8-3-4-9-21(19)30(22)33-28/h3-18,32H,1-2H3. The summed E-state index contributed by atoms with van der Waals surface area (Å²) in [6.07, 6.45) is 0. The van der Waals surface area contributed by atoms with Crippen LogP contribution in [0.25, 0.3) is 43.8 Å². The average molecular weight is 426 g/mol. The fourth-order valence-electron chi connectivity index (χ4n) is 5.60. The minimum absolute atomic E-state index is 0.00458. The normalized spacial score (nSPS) is 14.0. The molecule has 1 aliphatic carbocycles. The summed E-state index contributed by atoms with van der Waals surface area (Å²) in [6.45, 7) is 4.63. The SMILES string of the molecule is CC1(C)c2ccccc2-c2c(Nc3ccc4oc5c6ccccc6ccc5c4c3)cccc21. The van der Waals surface area contributed by atoms with E-state index in [2.05, 4.69) is 116 Å². The van der Waals surface area contributed by atoms with Crippen molar-refractivity contribution < 1.29 is 4.42 Å². The van der Waals surface area contributed by atoms with E-state index in [1.807, 2.05) is 0 Å². The first-order chi connectivity index (χ1) is 16.1. The van der Waals surface area contributed by atoms with E-state index in [4.69, 9.17) is 4.42 Å². The number of nitrogens with one attached hydrogen (secondary N) is 1. The summed E-state index contributed by atoms with van der Waals surface area (Å²) in [7, 11) is 0. The van der Waals surface area contributed by atoms with Crippen LogP contribution in [-0.2, 0) is 5.41 Å². The number of hydrogen-bond donors (Lipinski definition) is 1. The Morgan fingerprint density at radius 1 is 0.667 bits per heavy atom. The summed E-state index contributed by atoms with van der Waals surface area (Å²) in [5.41, 5.74) is 9.45. The number of benzene rings is 5. The Hall–Kier alpha value is -4.04. The highest BCUT2D eigenvalue weighted by molar-refractivity contribution is 6.15. The van der Waals surface area contributed by atoms with Gasteiger partial charge in [-0.15, -0.1) is 0 Å². The van der Waals surface area contributed by atoms with Gasteiger partial charge in [0.25, 0.3) is 0 Å². The van der Waals surface area contributed by atoms with E-state index in [9.17, 15) is 0 Å². The highest BCUT2D eigenvalue weighted by Crippen LogP contribution is 2.51. The van der Waals surface area contributed by atoms with Gasteiger partial charge in [0.05, 0.1) is 0 Å². The van der Waals surface area contributed by atoms with Crippen LogP contribution in [0.3, 0.4) is 0 Å². The second kappa shape index (κ2) is 6.49. The van der Waals surface area contributed by atoms with Gasteiger partial charge in [-0.05, 0) is 52.4 Å². The molecule has 0 spiro atoms. The number of furan rings is 1. The highest BCUT2D eigenvalue weighted by Gasteiger charge is 2.36. The molecule has 2 nitrogen and oxygen atoms in total. The van der Waals surface area contributed by atoms with E-state index >= 15 is 0 Å². The van der Waals surface area contributed by atoms with E-state index in [0.717, 1.165) is 38.7 Å². The van der Waals surface area contributed by atoms with Crippen LogP contribution in [0, 0.1) is 0 Å². The lowest BCUT2D eigenvalue weighted by molar-refractivity contribution is 0.660. The molecule has 1 aromatic heterocycles. The summed E-state index contributed by atoms with van der Waals surface area (Å²) in [6, 6.07) is 34.5. The van der Waals surface area contributed by atoms with E-state index in [1.165, 1.54) is 27.6 Å². The lowest BCUT2D eigenvalue weighted by Gasteiger charge is -2.21. The molecule has 1 heterocycles. The molecule has 1 N–H and O–H groups in total. The van der Waals surface area contributed by atoms with Crippen LogP contribution in [0.2, 0.25) is 0 Å². The Balaban J connectivity index is 1.39. The Morgan fingerprint density at radius 2 is 1.48 bits per heavy atom. The van der Waals surface area contributed by atoms with Gasteiger partial charge < -0.3 is 9.73 Å². The maximum absolute atomic E-state index is 6.29. The third kappa shape index (κ3) is 2.55. The predicted octanol–water partition coefficient (Wildman–Crippen LogP) is 8.79. The predicted molar refractivity (Wildman–Crippen MR) is 139 cm³/mol. The fraction of sp³-hybridized carbons (Fsp3) is 0.0968. The summed E-state index contributed by atoms with van der Waals surface area (Å²) >= 11 is 0. The van der Waals surface area contributed by atoms with Crippen LogP contribution in [-0.4, -0.2) is 0 Å². The zero-order chi connectivity index (χ0) is 22.2. The van der Waals surface area contributed by atoms with Crippen molar-refractivity contribution in [2.75, 3.05) is 5.32 Å². The molecule has 6 aromatic rings. The van der Waals surface area contributed by atoms with Crippen molar-refractivity contribution in [2.45, 2.75) is 19.3 Å². The number of anilines is 2. The first-order valence-electron chi connectivity index (χ1n) is 11.5. The fourth-order valence-corrected chi connectivity index (χ4v) is 5.60. The second-order valence-corrected chi connectivity index (χ2v) is 9.50. The molecule has 2 heteroatoms. The van der Waals surface area contributed by atoms with Crippen molar-refractivity contribution in [2.24, 2.45) is 0 Å². The third-order valence-electron chi connectivity index (χ3n) is 7.25. The van der Waals surface area contributed by atoms with E-state index in [-0.39, 0.29) is 5.41 Å². The van der Waals surface area contributed by atoms with Crippen LogP contribution in [0.1, 0.15) is 25.0 Å². The molecule has 0 saturated carbocycles. The summed E-state index contributed by atoms with van der Waals surface area (Å²) < 4.78 is 6.29. The maximum Gasteiger partial charge on any atom is 0.143 e. The number of rotatable bonds is 2. The largest absolute Gasteiger partial charge is 0.455 e. The monoisotopic (exact) mass is 425 g/mol. The smallest absolute Gasteiger partial charge is 0.143 e. The van der Waals surface area contributed by atoms with Crippen LogP contribution >= 0.6 is 0 Å². The molecule has 0 amide bonds. The number of fused-ring (bicyclic) bond motifs is 8. The Bertz CT molecular complexity index is 1720. The lowest BCUT2D eigenvalue weighted by atomic mass is 9.82. The molecule has 0 unspecified atom stereocenters. The van der Waals surface area contributed by atoms with Gasteiger partial charge in [0.1, 0.15) is 11.2 Å². The zero-order valence-corrected chi connectivity index (χ0v) is 18.6. The molecule has 0 aliphatic heterocycles. The molecule has 5 aromatic carbocycles. The molecular weight excluding hydrogens is 402 g/mol. The van der Waals surface area contributed by atoms with Crippen molar-refractivity contribution in [1.29, 1.82) is 0 Å². The van der Waals surface area contributed by atoms with Crippen LogP contribution in [0.15, 0.2) is 101 Å². The Kier molecular flexibility index (Phi) is 3.64. The van der Waals surface area contributed by atoms with Crippen LogP contribution in [0.5, 0.6) is 0 Å². The molecule has 0 radical (unpaired) electrons. The van der Waals surface area contributed by atoms with Gasteiger partial charge in [-0.25, -0.2) is 0 Å². The maximum atomic E-state index is 6.29. The lowest BCUT2D eigenvalue weighted by Crippen LogP contribution is -2.14. The molecule has 7 rings (SSSR count). The van der Waals surface area contributed by atoms with Gasteiger partial charge in [0.2, 0.25) is 0 Å². The van der Waals surface area contributed by atoms with Gasteiger partial charge in [-0.1, -0.05) is 80.6 Å². The molecular formula is C31H23NO. The van der Waals surface area contributed by atoms with Gasteiger partial charge >= 0.3 is 0 Å². The zero-order valence-electron chi connectivity index (χ0n) is 18.6. The minimum Gasteiger partial charge on any atom is -0.455 e. The summed E-state index contributed by atoms with van der Waals surface area (Å²) in [5.74, 6) is 0. The summed E-state index contributed by atoms with van der Waals surface area (Å²) in [5, 5.41) is 8.36. The molecule has 33 heavy (non-hydrogen) atoms. The topological polar surface area (TPSA) is 25.2 Å². The number of hydrogen-bond acceptors (Lipinski definition) is 2.